The van der Waals surface area contributed by atoms with Gasteiger partial charge in [-0.3, -0.25) is 0 Å². The quantitative estimate of drug-likeness (QED) is 0.209. The molecular formula is C41H25N3O. The number of aromatic nitrogens is 3. The molecule has 0 fully saturated rings. The Hall–Kier alpha value is -6.13. The summed E-state index contributed by atoms with van der Waals surface area (Å²) in [6, 6.07) is 52.2. The number of furan rings is 1. The normalized spacial score (nSPS) is 11.6. The van der Waals surface area contributed by atoms with E-state index in [0.29, 0.717) is 17.5 Å². The Bertz CT molecular complexity index is 2470. The van der Waals surface area contributed by atoms with Gasteiger partial charge in [0.15, 0.2) is 17.5 Å². The average molecular weight is 576 g/mol. The maximum atomic E-state index is 6.66. The summed E-state index contributed by atoms with van der Waals surface area (Å²) < 4.78 is 6.66. The maximum Gasteiger partial charge on any atom is 0.164 e. The van der Waals surface area contributed by atoms with E-state index in [1.54, 1.807) is 0 Å². The van der Waals surface area contributed by atoms with Crippen molar-refractivity contribution >= 4 is 43.5 Å². The van der Waals surface area contributed by atoms with Gasteiger partial charge in [-0.25, -0.2) is 15.0 Å². The van der Waals surface area contributed by atoms with Crippen molar-refractivity contribution < 1.29 is 4.42 Å². The fourth-order valence-corrected chi connectivity index (χ4v) is 6.36. The van der Waals surface area contributed by atoms with E-state index in [9.17, 15) is 0 Å². The highest BCUT2D eigenvalue weighted by Gasteiger charge is 2.20. The topological polar surface area (TPSA) is 51.8 Å². The van der Waals surface area contributed by atoms with Gasteiger partial charge in [-0.05, 0) is 45.5 Å². The second kappa shape index (κ2) is 10.2. The summed E-state index contributed by atoms with van der Waals surface area (Å²) in [7, 11) is 0. The van der Waals surface area contributed by atoms with Crippen LogP contribution in [-0.4, -0.2) is 15.0 Å². The molecule has 2 aromatic heterocycles. The van der Waals surface area contributed by atoms with Gasteiger partial charge in [0.1, 0.15) is 11.2 Å². The van der Waals surface area contributed by atoms with Crippen molar-refractivity contribution in [3.8, 4) is 45.3 Å². The molecule has 2 heterocycles. The van der Waals surface area contributed by atoms with E-state index in [-0.39, 0.29) is 0 Å². The monoisotopic (exact) mass is 575 g/mol. The van der Waals surface area contributed by atoms with Crippen molar-refractivity contribution in [2.24, 2.45) is 0 Å². The first-order valence-corrected chi connectivity index (χ1v) is 15.0. The highest BCUT2D eigenvalue weighted by atomic mass is 16.3. The highest BCUT2D eigenvalue weighted by molar-refractivity contribution is 6.21. The number of rotatable bonds is 4. The lowest BCUT2D eigenvalue weighted by molar-refractivity contribution is 0.672. The van der Waals surface area contributed by atoms with Gasteiger partial charge in [-0.15, -0.1) is 0 Å². The predicted molar refractivity (Wildman–Crippen MR) is 184 cm³/mol. The summed E-state index contributed by atoms with van der Waals surface area (Å²) >= 11 is 0. The highest BCUT2D eigenvalue weighted by Crippen LogP contribution is 2.42. The lowest BCUT2D eigenvalue weighted by atomic mass is 9.94. The third-order valence-corrected chi connectivity index (χ3v) is 8.50. The standard InChI is InChI=1S/C41H25N3O/c1-3-13-27(14-4-1)39-42-40(28-15-5-2-6-16-28)44-41(43-39)35-25-30-23-22-29(32-20-11-17-26-12-7-8-18-31(26)32)24-34(30)38-37(35)33-19-9-10-21-36(33)45-38/h1-25H. The lowest BCUT2D eigenvalue weighted by Crippen LogP contribution is -2.00. The summed E-state index contributed by atoms with van der Waals surface area (Å²) in [6.07, 6.45) is 0. The van der Waals surface area contributed by atoms with Crippen LogP contribution in [0, 0.1) is 0 Å². The largest absolute Gasteiger partial charge is 0.455 e. The smallest absolute Gasteiger partial charge is 0.164 e. The van der Waals surface area contributed by atoms with Crippen molar-refractivity contribution in [1.82, 2.24) is 15.0 Å². The zero-order valence-corrected chi connectivity index (χ0v) is 24.2. The second-order valence-electron chi connectivity index (χ2n) is 11.2. The van der Waals surface area contributed by atoms with Gasteiger partial charge in [0.05, 0.1) is 0 Å². The molecule has 0 amide bonds. The third kappa shape index (κ3) is 4.27. The molecule has 0 N–H and O–H groups in total. The number of benzene rings is 7. The first-order valence-electron chi connectivity index (χ1n) is 15.0. The molecule has 0 spiro atoms. The molecule has 0 aliphatic carbocycles. The Morgan fingerprint density at radius 1 is 0.378 bits per heavy atom. The van der Waals surface area contributed by atoms with Crippen molar-refractivity contribution in [3.05, 3.63) is 152 Å². The van der Waals surface area contributed by atoms with Crippen molar-refractivity contribution in [3.63, 3.8) is 0 Å². The molecule has 0 radical (unpaired) electrons. The summed E-state index contributed by atoms with van der Waals surface area (Å²) in [5, 5.41) is 6.58. The molecule has 4 heteroatoms. The van der Waals surface area contributed by atoms with Crippen LogP contribution >= 0.6 is 0 Å². The van der Waals surface area contributed by atoms with E-state index in [4.69, 9.17) is 19.4 Å². The Kier molecular flexibility index (Phi) is 5.78. The lowest BCUT2D eigenvalue weighted by Gasteiger charge is -2.12. The van der Waals surface area contributed by atoms with Gasteiger partial charge >= 0.3 is 0 Å². The molecule has 0 aliphatic heterocycles. The van der Waals surface area contributed by atoms with Crippen LogP contribution in [0.4, 0.5) is 0 Å². The van der Waals surface area contributed by atoms with Gasteiger partial charge < -0.3 is 4.42 Å². The van der Waals surface area contributed by atoms with Gasteiger partial charge in [-0.1, -0.05) is 133 Å². The van der Waals surface area contributed by atoms with Gasteiger partial charge in [0, 0.05) is 32.8 Å². The van der Waals surface area contributed by atoms with Crippen molar-refractivity contribution in [1.29, 1.82) is 0 Å². The molecule has 0 saturated heterocycles. The van der Waals surface area contributed by atoms with Crippen LogP contribution in [0.3, 0.4) is 0 Å². The second-order valence-corrected chi connectivity index (χ2v) is 11.2. The van der Waals surface area contributed by atoms with Crippen molar-refractivity contribution in [2.45, 2.75) is 0 Å². The number of hydrogen-bond donors (Lipinski definition) is 0. The molecule has 7 aromatic carbocycles. The zero-order chi connectivity index (χ0) is 29.7. The molecule has 4 nitrogen and oxygen atoms in total. The first kappa shape index (κ1) is 25.4. The van der Waals surface area contributed by atoms with Crippen LogP contribution in [0.25, 0.3) is 88.8 Å². The fraction of sp³-hybridized carbons (Fsp3) is 0. The Morgan fingerprint density at radius 2 is 1.00 bits per heavy atom. The summed E-state index contributed by atoms with van der Waals surface area (Å²) in [5.74, 6) is 1.87. The molecule has 9 rings (SSSR count). The first-order chi connectivity index (χ1) is 22.3. The van der Waals surface area contributed by atoms with Gasteiger partial charge in [0.25, 0.3) is 0 Å². The summed E-state index contributed by atoms with van der Waals surface area (Å²) in [6.45, 7) is 0. The average Bonchev–Trinajstić information content (AvgIpc) is 3.51. The summed E-state index contributed by atoms with van der Waals surface area (Å²) in [5.41, 5.74) is 6.79. The molecular weight excluding hydrogens is 550 g/mol. The van der Waals surface area contributed by atoms with E-state index in [2.05, 4.69) is 78.9 Å². The minimum Gasteiger partial charge on any atom is -0.455 e. The van der Waals surface area contributed by atoms with Crippen LogP contribution in [0.5, 0.6) is 0 Å². The fourth-order valence-electron chi connectivity index (χ4n) is 6.36. The van der Waals surface area contributed by atoms with Crippen LogP contribution in [0.15, 0.2) is 156 Å². The van der Waals surface area contributed by atoms with E-state index in [1.165, 1.54) is 16.3 Å². The van der Waals surface area contributed by atoms with Crippen LogP contribution in [0.2, 0.25) is 0 Å². The maximum absolute atomic E-state index is 6.66. The minimum absolute atomic E-state index is 0.610. The zero-order valence-electron chi connectivity index (χ0n) is 24.2. The molecule has 9 aromatic rings. The number of hydrogen-bond acceptors (Lipinski definition) is 4. The molecule has 210 valence electrons. The van der Waals surface area contributed by atoms with Gasteiger partial charge in [-0.2, -0.15) is 0 Å². The molecule has 0 bridgehead atoms. The van der Waals surface area contributed by atoms with Crippen molar-refractivity contribution in [2.75, 3.05) is 0 Å². The molecule has 45 heavy (non-hydrogen) atoms. The van der Waals surface area contributed by atoms with E-state index < -0.39 is 0 Å². The Morgan fingerprint density at radius 3 is 1.76 bits per heavy atom. The van der Waals surface area contributed by atoms with E-state index in [1.807, 2.05) is 72.8 Å². The number of para-hydroxylation sites is 1. The molecule has 0 saturated carbocycles. The number of nitrogens with zero attached hydrogens (tertiary/aromatic N) is 3. The Balaban J connectivity index is 1.34. The minimum atomic E-state index is 0.610. The van der Waals surface area contributed by atoms with Crippen LogP contribution < -0.4 is 0 Å². The van der Waals surface area contributed by atoms with E-state index >= 15 is 0 Å². The number of fused-ring (bicyclic) bond motifs is 6. The van der Waals surface area contributed by atoms with Gasteiger partial charge in [0.2, 0.25) is 0 Å². The Labute approximate surface area is 259 Å². The third-order valence-electron chi connectivity index (χ3n) is 8.50. The molecule has 0 unspecified atom stereocenters. The molecule has 0 aliphatic rings. The van der Waals surface area contributed by atoms with E-state index in [0.717, 1.165) is 55.0 Å². The summed E-state index contributed by atoms with van der Waals surface area (Å²) in [4.78, 5) is 15.1. The van der Waals surface area contributed by atoms with Crippen LogP contribution in [0.1, 0.15) is 0 Å². The SMILES string of the molecule is c1ccc(-c2nc(-c3ccccc3)nc(-c3cc4ccc(-c5cccc6ccccc56)cc4c4oc5ccccc5c34)n2)cc1. The van der Waals surface area contributed by atoms with Crippen LogP contribution in [-0.2, 0) is 0 Å². The predicted octanol–water partition coefficient (Wildman–Crippen LogP) is 10.7. The molecule has 0 atom stereocenters.